The second-order valence-electron chi connectivity index (χ2n) is 7.15. The van der Waals surface area contributed by atoms with E-state index in [0.717, 1.165) is 11.8 Å². The number of nitrogens with zero attached hydrogens (tertiary/aromatic N) is 1. The highest BCUT2D eigenvalue weighted by Crippen LogP contribution is 2.19. The standard InChI is InChI=1S/C20H28F3N3O4S/c1-26(2)12-18(29)25-15(9-6-10-31-13-17(28)20(21,22)23)19(30)24-11-16(27)14-7-4-3-5-8-14/h3-5,7-8,15-16,27H,6,9-13H2,1-2H3,(H,24,30)(H,25,29)/t15-,16?/m0/s1. The van der Waals surface area contributed by atoms with E-state index >= 15 is 0 Å². The van der Waals surface area contributed by atoms with Crippen molar-refractivity contribution in [3.8, 4) is 0 Å². The van der Waals surface area contributed by atoms with Crippen molar-refractivity contribution in [3.63, 3.8) is 0 Å². The van der Waals surface area contributed by atoms with Crippen molar-refractivity contribution < 1.29 is 32.7 Å². The lowest BCUT2D eigenvalue weighted by atomic mass is 10.1. The molecule has 31 heavy (non-hydrogen) atoms. The van der Waals surface area contributed by atoms with Crippen molar-refractivity contribution in [1.82, 2.24) is 15.5 Å². The summed E-state index contributed by atoms with van der Waals surface area (Å²) in [5.41, 5.74) is 0.627. The Hall–Kier alpha value is -2.11. The number of nitrogens with one attached hydrogen (secondary N) is 2. The average Bonchev–Trinajstić information content (AvgIpc) is 2.69. The number of thioether (sulfide) groups is 1. The third-order valence-corrected chi connectivity index (χ3v) is 5.14. The Morgan fingerprint density at radius 1 is 1.16 bits per heavy atom. The minimum atomic E-state index is -4.85. The monoisotopic (exact) mass is 463 g/mol. The van der Waals surface area contributed by atoms with Gasteiger partial charge in [-0.25, -0.2) is 0 Å². The molecule has 1 unspecified atom stereocenters. The minimum absolute atomic E-state index is 0.0578. The lowest BCUT2D eigenvalue weighted by Gasteiger charge is -2.21. The van der Waals surface area contributed by atoms with Crippen molar-refractivity contribution in [2.24, 2.45) is 0 Å². The van der Waals surface area contributed by atoms with Crippen LogP contribution in [0.5, 0.6) is 0 Å². The Labute approximate surface area is 183 Å². The molecular formula is C20H28F3N3O4S. The number of halogens is 3. The van der Waals surface area contributed by atoms with Crippen LogP contribution in [0, 0.1) is 0 Å². The predicted molar refractivity (Wildman–Crippen MR) is 113 cm³/mol. The first-order chi connectivity index (χ1) is 14.5. The van der Waals surface area contributed by atoms with Crippen LogP contribution in [0.1, 0.15) is 24.5 Å². The molecule has 0 radical (unpaired) electrons. The SMILES string of the molecule is CN(C)CC(=O)N[C@@H](CCCSCC(=O)C(F)(F)F)C(=O)NCC(O)c1ccccc1. The molecule has 11 heteroatoms. The van der Waals surface area contributed by atoms with E-state index < -0.39 is 35.8 Å². The summed E-state index contributed by atoms with van der Waals surface area (Å²) in [7, 11) is 3.39. The Morgan fingerprint density at radius 3 is 2.39 bits per heavy atom. The van der Waals surface area contributed by atoms with Gasteiger partial charge in [-0.3, -0.25) is 14.4 Å². The van der Waals surface area contributed by atoms with Gasteiger partial charge >= 0.3 is 6.18 Å². The summed E-state index contributed by atoms with van der Waals surface area (Å²) in [4.78, 5) is 37.1. The molecule has 1 rings (SSSR count). The van der Waals surface area contributed by atoms with Crippen molar-refractivity contribution >= 4 is 29.4 Å². The maximum absolute atomic E-state index is 12.5. The topological polar surface area (TPSA) is 98.7 Å². The van der Waals surface area contributed by atoms with Gasteiger partial charge in [0.15, 0.2) is 0 Å². The number of rotatable bonds is 13. The van der Waals surface area contributed by atoms with Crippen LogP contribution in [0.25, 0.3) is 0 Å². The number of hydrogen-bond acceptors (Lipinski definition) is 6. The zero-order chi connectivity index (χ0) is 23.4. The Kier molecular flexibility index (Phi) is 11.6. The number of carbonyl (C=O) groups excluding carboxylic acids is 3. The number of carbonyl (C=O) groups is 3. The van der Waals surface area contributed by atoms with E-state index in [1.165, 1.54) is 0 Å². The predicted octanol–water partition coefficient (Wildman–Crippen LogP) is 1.53. The summed E-state index contributed by atoms with van der Waals surface area (Å²) in [6, 6.07) is 7.83. The van der Waals surface area contributed by atoms with Crippen LogP contribution < -0.4 is 10.6 Å². The first-order valence-corrected chi connectivity index (χ1v) is 10.8. The minimum Gasteiger partial charge on any atom is -0.387 e. The number of aliphatic hydroxyl groups is 1. The second kappa shape index (κ2) is 13.3. The van der Waals surface area contributed by atoms with Crippen LogP contribution in [0.2, 0.25) is 0 Å². The summed E-state index contributed by atoms with van der Waals surface area (Å²) in [5.74, 6) is -3.15. The molecular weight excluding hydrogens is 435 g/mol. The highest BCUT2D eigenvalue weighted by Gasteiger charge is 2.37. The number of aliphatic hydroxyl groups excluding tert-OH is 1. The third-order valence-electron chi connectivity index (χ3n) is 4.10. The number of hydrogen-bond donors (Lipinski definition) is 3. The van der Waals surface area contributed by atoms with Gasteiger partial charge in [0.05, 0.1) is 18.4 Å². The lowest BCUT2D eigenvalue weighted by molar-refractivity contribution is -0.167. The van der Waals surface area contributed by atoms with Gasteiger partial charge in [-0.2, -0.15) is 24.9 Å². The summed E-state index contributed by atoms with van der Waals surface area (Å²) < 4.78 is 36.7. The van der Waals surface area contributed by atoms with Gasteiger partial charge < -0.3 is 20.6 Å². The molecule has 7 nitrogen and oxygen atoms in total. The fourth-order valence-corrected chi connectivity index (χ4v) is 3.41. The van der Waals surface area contributed by atoms with Crippen LogP contribution in [0.4, 0.5) is 13.2 Å². The summed E-state index contributed by atoms with van der Waals surface area (Å²) in [6.07, 6.45) is -5.28. The molecule has 0 aliphatic rings. The normalized spacial score (nSPS) is 13.5. The van der Waals surface area contributed by atoms with E-state index in [-0.39, 0.29) is 31.2 Å². The molecule has 2 amide bonds. The quantitative estimate of drug-likeness (QED) is 0.384. The first kappa shape index (κ1) is 26.9. The maximum Gasteiger partial charge on any atom is 0.450 e. The third kappa shape index (κ3) is 11.2. The Bertz CT molecular complexity index is 717. The Balaban J connectivity index is 2.56. The fraction of sp³-hybridized carbons (Fsp3) is 0.550. The van der Waals surface area contributed by atoms with Crippen LogP contribution in [-0.2, 0) is 14.4 Å². The molecule has 2 atom stereocenters. The zero-order valence-corrected chi connectivity index (χ0v) is 18.3. The van der Waals surface area contributed by atoms with Crippen molar-refractivity contribution in [1.29, 1.82) is 0 Å². The van der Waals surface area contributed by atoms with Crippen LogP contribution >= 0.6 is 11.8 Å². The van der Waals surface area contributed by atoms with E-state index in [2.05, 4.69) is 10.6 Å². The molecule has 0 aliphatic heterocycles. The number of amides is 2. The Morgan fingerprint density at radius 2 is 1.81 bits per heavy atom. The van der Waals surface area contributed by atoms with Crippen LogP contribution in [0.3, 0.4) is 0 Å². The number of benzene rings is 1. The molecule has 0 fully saturated rings. The molecule has 0 spiro atoms. The van der Waals surface area contributed by atoms with E-state index in [4.69, 9.17) is 0 Å². The van der Waals surface area contributed by atoms with E-state index in [1.807, 2.05) is 0 Å². The molecule has 0 saturated carbocycles. The molecule has 1 aromatic rings. The van der Waals surface area contributed by atoms with Gasteiger partial charge in [0.2, 0.25) is 17.6 Å². The highest BCUT2D eigenvalue weighted by atomic mass is 32.2. The van der Waals surface area contributed by atoms with Crippen molar-refractivity contribution in [2.75, 3.05) is 38.7 Å². The van der Waals surface area contributed by atoms with Crippen molar-refractivity contribution in [3.05, 3.63) is 35.9 Å². The molecule has 0 aromatic heterocycles. The number of Topliss-reactive ketones (excluding diaryl/α,β-unsaturated/α-hetero) is 1. The number of alkyl halides is 3. The number of ketones is 1. The molecule has 0 heterocycles. The molecule has 0 aliphatic carbocycles. The molecule has 0 saturated heterocycles. The average molecular weight is 464 g/mol. The lowest BCUT2D eigenvalue weighted by Crippen LogP contribution is -2.49. The fourth-order valence-electron chi connectivity index (χ4n) is 2.55. The summed E-state index contributed by atoms with van der Waals surface area (Å²) >= 11 is 0.825. The molecule has 3 N–H and O–H groups in total. The number of likely N-dealkylation sites (N-methyl/N-ethyl adjacent to an activating group) is 1. The van der Waals surface area contributed by atoms with Gasteiger partial charge in [-0.15, -0.1) is 0 Å². The molecule has 174 valence electrons. The van der Waals surface area contributed by atoms with E-state index in [1.54, 1.807) is 49.3 Å². The first-order valence-electron chi connectivity index (χ1n) is 9.63. The molecule has 1 aromatic carbocycles. The largest absolute Gasteiger partial charge is 0.450 e. The van der Waals surface area contributed by atoms with Crippen molar-refractivity contribution in [2.45, 2.75) is 31.2 Å². The van der Waals surface area contributed by atoms with Gasteiger partial charge in [0.1, 0.15) is 6.04 Å². The summed E-state index contributed by atoms with van der Waals surface area (Å²) in [5, 5.41) is 15.4. The zero-order valence-electron chi connectivity index (χ0n) is 17.4. The van der Waals surface area contributed by atoms with Gasteiger partial charge in [0.25, 0.3) is 0 Å². The van der Waals surface area contributed by atoms with Crippen LogP contribution in [-0.4, -0.2) is 78.5 Å². The van der Waals surface area contributed by atoms with Gasteiger partial charge in [0, 0.05) is 6.54 Å². The van der Waals surface area contributed by atoms with Crippen LogP contribution in [0.15, 0.2) is 30.3 Å². The van der Waals surface area contributed by atoms with E-state index in [0.29, 0.717) is 12.0 Å². The smallest absolute Gasteiger partial charge is 0.387 e. The van der Waals surface area contributed by atoms with Gasteiger partial charge in [-0.05, 0) is 38.3 Å². The second-order valence-corrected chi connectivity index (χ2v) is 8.25. The van der Waals surface area contributed by atoms with Gasteiger partial charge in [-0.1, -0.05) is 30.3 Å². The highest BCUT2D eigenvalue weighted by molar-refractivity contribution is 7.99. The van der Waals surface area contributed by atoms with E-state index in [9.17, 15) is 32.7 Å². The maximum atomic E-state index is 12.5. The molecule has 0 bridgehead atoms. The summed E-state index contributed by atoms with van der Waals surface area (Å²) in [6.45, 7) is 0.00296.